The highest BCUT2D eigenvalue weighted by Crippen LogP contribution is 2.24. The first-order valence-corrected chi connectivity index (χ1v) is 12.4. The molecule has 0 aliphatic carbocycles. The number of sulfonamides is 1. The molecule has 1 aliphatic rings. The Kier molecular flexibility index (Phi) is 6.91. The van der Waals surface area contributed by atoms with Crippen LogP contribution in [0.3, 0.4) is 0 Å². The summed E-state index contributed by atoms with van der Waals surface area (Å²) in [5.41, 5.74) is 3.32. The van der Waals surface area contributed by atoms with E-state index in [2.05, 4.69) is 20.5 Å². The number of nitrogens with one attached hydrogen (secondary N) is 2. The predicted molar refractivity (Wildman–Crippen MR) is 122 cm³/mol. The number of aryl methyl sites for hydroxylation is 1. The summed E-state index contributed by atoms with van der Waals surface area (Å²) in [7, 11) is -3.68. The number of hydrogen-bond acceptors (Lipinski definition) is 6. The summed E-state index contributed by atoms with van der Waals surface area (Å²) in [5, 5.41) is 18.8. The second-order valence-corrected chi connectivity index (χ2v) is 10.2. The van der Waals surface area contributed by atoms with Gasteiger partial charge in [0.2, 0.25) is 10.0 Å². The lowest BCUT2D eigenvalue weighted by molar-refractivity contribution is 0.0106. The molecule has 1 aromatic carbocycles. The fraction of sp³-hybridized carbons (Fsp3) is 0.409. The molecule has 176 valence electrons. The quantitative estimate of drug-likeness (QED) is 0.457. The van der Waals surface area contributed by atoms with Gasteiger partial charge in [-0.25, -0.2) is 17.5 Å². The van der Waals surface area contributed by atoms with Gasteiger partial charge >= 0.3 is 6.09 Å². The smallest absolute Gasteiger partial charge is 0.405 e. The number of benzene rings is 1. The number of carbonyl (C=O) groups is 1. The van der Waals surface area contributed by atoms with E-state index in [1.807, 2.05) is 37.3 Å². The van der Waals surface area contributed by atoms with E-state index in [9.17, 15) is 13.2 Å². The Morgan fingerprint density at radius 2 is 2.06 bits per heavy atom. The third-order valence-electron chi connectivity index (χ3n) is 5.77. The van der Waals surface area contributed by atoms with Gasteiger partial charge in [-0.05, 0) is 43.5 Å². The van der Waals surface area contributed by atoms with Crippen LogP contribution in [0.25, 0.3) is 10.9 Å². The summed E-state index contributed by atoms with van der Waals surface area (Å²) >= 11 is 0. The van der Waals surface area contributed by atoms with Crippen molar-refractivity contribution in [2.75, 3.05) is 18.8 Å². The van der Waals surface area contributed by atoms with Crippen LogP contribution < -0.4 is 5.32 Å². The molecule has 4 rings (SSSR count). The molecule has 1 aliphatic heterocycles. The Balaban J connectivity index is 1.35. The minimum absolute atomic E-state index is 0.0516. The Hall–Kier alpha value is -3.02. The summed E-state index contributed by atoms with van der Waals surface area (Å²) in [6.45, 7) is 3.04. The summed E-state index contributed by atoms with van der Waals surface area (Å²) in [5.74, 6) is -0.380. The van der Waals surface area contributed by atoms with Crippen molar-refractivity contribution in [1.82, 2.24) is 24.8 Å². The van der Waals surface area contributed by atoms with E-state index in [0.717, 1.165) is 22.2 Å². The van der Waals surface area contributed by atoms with E-state index in [0.29, 0.717) is 38.2 Å². The van der Waals surface area contributed by atoms with Crippen molar-refractivity contribution in [3.8, 4) is 0 Å². The first kappa shape index (κ1) is 23.1. The van der Waals surface area contributed by atoms with Crippen molar-refractivity contribution in [3.05, 3.63) is 59.5 Å². The van der Waals surface area contributed by atoms with Gasteiger partial charge in [-0.15, -0.1) is 0 Å². The lowest BCUT2D eigenvalue weighted by Gasteiger charge is -2.32. The van der Waals surface area contributed by atoms with Crippen LogP contribution in [-0.2, 0) is 21.4 Å². The molecule has 3 heterocycles. The van der Waals surface area contributed by atoms with Gasteiger partial charge < -0.3 is 15.2 Å². The Bertz CT molecular complexity index is 1210. The van der Waals surface area contributed by atoms with Crippen molar-refractivity contribution in [3.63, 3.8) is 0 Å². The summed E-state index contributed by atoms with van der Waals surface area (Å²) in [6.07, 6.45) is 1.25. The van der Waals surface area contributed by atoms with Crippen LogP contribution in [0.2, 0.25) is 0 Å². The number of ether oxygens (including phenoxy) is 1. The number of para-hydroxylation sites is 1. The molecule has 3 aromatic rings. The number of amides is 1. The van der Waals surface area contributed by atoms with Crippen LogP contribution in [-0.4, -0.2) is 64.1 Å². The SMILES string of the molecule is Cc1cc(COC2CCN(S(=O)(=O)CC(NC(=O)O)c3ccn[nH]3)CC2)c2ccccc2n1. The standard InChI is InChI=1S/C22H27N5O5S/c1-15-12-16(18-4-2-3-5-19(18)24-15)13-32-17-7-10-27(11-8-17)33(30,31)14-21(25-22(28)29)20-6-9-23-26-20/h2-6,9,12,17,21,25H,7-8,10-11,13-14H2,1H3,(H,23,26)(H,28,29). The summed E-state index contributed by atoms with van der Waals surface area (Å²) in [6, 6.07) is 10.6. The molecule has 1 amide bonds. The number of nitrogens with zero attached hydrogens (tertiary/aromatic N) is 3. The Labute approximate surface area is 192 Å². The van der Waals surface area contributed by atoms with Gasteiger partial charge in [-0.3, -0.25) is 10.1 Å². The van der Waals surface area contributed by atoms with Crippen LogP contribution in [0.5, 0.6) is 0 Å². The number of aromatic amines is 1. The molecule has 0 radical (unpaired) electrons. The number of H-pyrrole nitrogens is 1. The van der Waals surface area contributed by atoms with Gasteiger partial charge in [0, 0.05) is 30.4 Å². The van der Waals surface area contributed by atoms with Gasteiger partial charge in [0.05, 0.1) is 35.7 Å². The average molecular weight is 474 g/mol. The fourth-order valence-electron chi connectivity index (χ4n) is 4.13. The molecule has 1 atom stereocenters. The number of aromatic nitrogens is 3. The average Bonchev–Trinajstić information content (AvgIpc) is 3.32. The molecular weight excluding hydrogens is 446 g/mol. The molecule has 0 saturated carbocycles. The van der Waals surface area contributed by atoms with Gasteiger partial charge in [0.1, 0.15) is 0 Å². The van der Waals surface area contributed by atoms with E-state index < -0.39 is 22.2 Å². The molecule has 11 heteroatoms. The van der Waals surface area contributed by atoms with Gasteiger partial charge in [-0.1, -0.05) is 18.2 Å². The van der Waals surface area contributed by atoms with Crippen molar-refractivity contribution >= 4 is 27.0 Å². The maximum atomic E-state index is 13.0. The van der Waals surface area contributed by atoms with E-state index in [4.69, 9.17) is 9.84 Å². The molecule has 0 spiro atoms. The van der Waals surface area contributed by atoms with E-state index in [1.165, 1.54) is 10.5 Å². The largest absolute Gasteiger partial charge is 0.465 e. The Morgan fingerprint density at radius 1 is 1.30 bits per heavy atom. The van der Waals surface area contributed by atoms with Crippen LogP contribution in [0.15, 0.2) is 42.6 Å². The minimum Gasteiger partial charge on any atom is -0.465 e. The third kappa shape index (κ3) is 5.67. The van der Waals surface area contributed by atoms with Gasteiger partial charge in [-0.2, -0.15) is 5.10 Å². The molecule has 10 nitrogen and oxygen atoms in total. The second-order valence-electron chi connectivity index (χ2n) is 8.14. The van der Waals surface area contributed by atoms with Gasteiger partial charge in [0.25, 0.3) is 0 Å². The first-order chi connectivity index (χ1) is 15.8. The number of fused-ring (bicyclic) bond motifs is 1. The number of rotatable bonds is 8. The third-order valence-corrected chi connectivity index (χ3v) is 7.68. The molecule has 2 aromatic heterocycles. The van der Waals surface area contributed by atoms with Gasteiger partial charge in [0.15, 0.2) is 0 Å². The zero-order chi connectivity index (χ0) is 23.4. The molecule has 33 heavy (non-hydrogen) atoms. The predicted octanol–water partition coefficient (Wildman–Crippen LogP) is 2.59. The molecule has 1 unspecified atom stereocenters. The first-order valence-electron chi connectivity index (χ1n) is 10.8. The number of hydrogen-bond donors (Lipinski definition) is 3. The summed E-state index contributed by atoms with van der Waals surface area (Å²) in [4.78, 5) is 15.7. The number of piperidine rings is 1. The minimum atomic E-state index is -3.68. The van der Waals surface area contributed by atoms with Crippen molar-refractivity contribution in [2.24, 2.45) is 0 Å². The number of pyridine rings is 1. The van der Waals surface area contributed by atoms with E-state index in [-0.39, 0.29) is 11.9 Å². The maximum Gasteiger partial charge on any atom is 0.405 e. The van der Waals surface area contributed by atoms with Crippen LogP contribution in [0, 0.1) is 6.92 Å². The number of carboxylic acid groups (broad SMARTS) is 1. The molecular formula is C22H27N5O5S. The second kappa shape index (κ2) is 9.86. The zero-order valence-corrected chi connectivity index (χ0v) is 19.1. The molecule has 1 fully saturated rings. The zero-order valence-electron chi connectivity index (χ0n) is 18.3. The highest BCUT2D eigenvalue weighted by Gasteiger charge is 2.32. The molecule has 0 bridgehead atoms. The molecule has 1 saturated heterocycles. The fourth-order valence-corrected chi connectivity index (χ4v) is 5.80. The lowest BCUT2D eigenvalue weighted by Crippen LogP contribution is -2.44. The van der Waals surface area contributed by atoms with Crippen molar-refractivity contribution in [2.45, 2.75) is 38.5 Å². The van der Waals surface area contributed by atoms with E-state index in [1.54, 1.807) is 6.07 Å². The van der Waals surface area contributed by atoms with Crippen LogP contribution in [0.1, 0.15) is 35.8 Å². The highest BCUT2D eigenvalue weighted by molar-refractivity contribution is 7.89. The topological polar surface area (TPSA) is 138 Å². The lowest BCUT2D eigenvalue weighted by atomic mass is 10.1. The van der Waals surface area contributed by atoms with Crippen LogP contribution in [0.4, 0.5) is 4.79 Å². The summed E-state index contributed by atoms with van der Waals surface area (Å²) < 4.78 is 33.4. The van der Waals surface area contributed by atoms with Crippen molar-refractivity contribution < 1.29 is 23.1 Å². The van der Waals surface area contributed by atoms with E-state index >= 15 is 0 Å². The monoisotopic (exact) mass is 473 g/mol. The Morgan fingerprint density at radius 3 is 2.76 bits per heavy atom. The normalized spacial score (nSPS) is 16.6. The maximum absolute atomic E-state index is 13.0. The van der Waals surface area contributed by atoms with Crippen molar-refractivity contribution in [1.29, 1.82) is 0 Å². The molecule has 3 N–H and O–H groups in total. The van der Waals surface area contributed by atoms with Crippen LogP contribution >= 0.6 is 0 Å². The highest BCUT2D eigenvalue weighted by atomic mass is 32.2.